The van der Waals surface area contributed by atoms with Crippen molar-refractivity contribution in [3.8, 4) is 5.75 Å². The highest BCUT2D eigenvalue weighted by Gasteiger charge is 2.18. The molecule has 1 atom stereocenters. The molecule has 0 aliphatic carbocycles. The van der Waals surface area contributed by atoms with Crippen LogP contribution in [0.1, 0.15) is 34.6 Å². The van der Waals surface area contributed by atoms with Gasteiger partial charge in [-0.25, -0.2) is 4.79 Å². The van der Waals surface area contributed by atoms with E-state index in [1.54, 1.807) is 6.92 Å². The molecule has 0 aliphatic rings. The summed E-state index contributed by atoms with van der Waals surface area (Å²) in [6, 6.07) is 3.82. The Kier molecular flexibility index (Phi) is 6.06. The fourth-order valence-corrected chi connectivity index (χ4v) is 1.77. The lowest BCUT2D eigenvalue weighted by Crippen LogP contribution is -2.10. The first kappa shape index (κ1) is 16.6. The molecule has 4 nitrogen and oxygen atoms in total. The normalized spacial score (nSPS) is 12.1. The molecular formula is C13H13BrF2O4. The summed E-state index contributed by atoms with van der Waals surface area (Å²) in [5, 5.41) is 0. The van der Waals surface area contributed by atoms with Gasteiger partial charge in [0.1, 0.15) is 11.5 Å². The topological polar surface area (TPSA) is 52.6 Å². The van der Waals surface area contributed by atoms with Gasteiger partial charge in [-0.15, -0.1) is 0 Å². The van der Waals surface area contributed by atoms with Crippen molar-refractivity contribution in [1.29, 1.82) is 0 Å². The van der Waals surface area contributed by atoms with E-state index in [-0.39, 0.29) is 23.7 Å². The third-order valence-electron chi connectivity index (χ3n) is 2.31. The molecule has 0 N–H and O–H groups in total. The molecule has 1 aromatic rings. The summed E-state index contributed by atoms with van der Waals surface area (Å²) in [7, 11) is 0. The van der Waals surface area contributed by atoms with Crippen molar-refractivity contribution < 1.29 is 27.8 Å². The molecule has 0 aliphatic heterocycles. The molecule has 0 heterocycles. The zero-order valence-electron chi connectivity index (χ0n) is 10.9. The molecule has 0 saturated carbocycles. The number of hydrogen-bond donors (Lipinski definition) is 0. The summed E-state index contributed by atoms with van der Waals surface area (Å²) < 4.78 is 33.6. The van der Waals surface area contributed by atoms with Gasteiger partial charge >= 0.3 is 12.6 Å². The van der Waals surface area contributed by atoms with Crippen LogP contribution in [0, 0.1) is 0 Å². The smallest absolute Gasteiger partial charge is 0.387 e. The van der Waals surface area contributed by atoms with Crippen LogP contribution in [-0.4, -0.2) is 25.0 Å². The van der Waals surface area contributed by atoms with Gasteiger partial charge < -0.3 is 9.47 Å². The molecule has 1 unspecified atom stereocenters. The first-order chi connectivity index (χ1) is 9.35. The van der Waals surface area contributed by atoms with Crippen molar-refractivity contribution in [1.82, 2.24) is 0 Å². The molecule has 7 heteroatoms. The van der Waals surface area contributed by atoms with Crippen LogP contribution in [0.25, 0.3) is 0 Å². The minimum Gasteiger partial charge on any atom is -0.462 e. The van der Waals surface area contributed by atoms with Crippen LogP contribution in [0.15, 0.2) is 18.2 Å². The molecule has 0 saturated heterocycles. The first-order valence-corrected chi connectivity index (χ1v) is 6.68. The van der Waals surface area contributed by atoms with Crippen molar-refractivity contribution in [2.75, 3.05) is 6.61 Å². The van der Waals surface area contributed by atoms with Gasteiger partial charge in [0, 0.05) is 0 Å². The highest BCUT2D eigenvalue weighted by molar-refractivity contribution is 9.09. The van der Waals surface area contributed by atoms with Crippen LogP contribution in [0.5, 0.6) is 5.75 Å². The molecule has 0 aromatic heterocycles. The highest BCUT2D eigenvalue weighted by Crippen LogP contribution is 2.29. The Balaban J connectivity index is 3.20. The number of halogens is 3. The van der Waals surface area contributed by atoms with E-state index in [9.17, 15) is 18.4 Å². The number of ether oxygens (including phenoxy) is 2. The number of rotatable bonds is 6. The van der Waals surface area contributed by atoms with E-state index < -0.39 is 17.4 Å². The summed E-state index contributed by atoms with van der Waals surface area (Å²) in [4.78, 5) is 22.3. The summed E-state index contributed by atoms with van der Waals surface area (Å²) in [5.74, 6) is -1.10. The standard InChI is InChI=1S/C13H13BrF2O4/c1-3-19-12(18)9-4-8(11(14)7(2)17)5-10(6-9)20-13(15)16/h4-6,11,13H,3H2,1-2H3. The van der Waals surface area contributed by atoms with Crippen molar-refractivity contribution >= 4 is 27.7 Å². The Morgan fingerprint density at radius 2 is 1.95 bits per heavy atom. The van der Waals surface area contributed by atoms with Crippen LogP contribution in [0.4, 0.5) is 8.78 Å². The third kappa shape index (κ3) is 4.56. The van der Waals surface area contributed by atoms with Crippen LogP contribution in [-0.2, 0) is 9.53 Å². The van der Waals surface area contributed by atoms with Crippen LogP contribution < -0.4 is 4.74 Å². The van der Waals surface area contributed by atoms with Gasteiger partial charge in [-0.2, -0.15) is 8.78 Å². The molecule has 0 bridgehead atoms. The summed E-state index contributed by atoms with van der Waals surface area (Å²) >= 11 is 3.13. The molecule has 0 spiro atoms. The number of ketones is 1. The van der Waals surface area contributed by atoms with Crippen molar-refractivity contribution in [3.63, 3.8) is 0 Å². The predicted octanol–water partition coefficient (Wildman–Crippen LogP) is 3.49. The minimum absolute atomic E-state index is 0.0469. The zero-order valence-corrected chi connectivity index (χ0v) is 12.4. The number of alkyl halides is 3. The highest BCUT2D eigenvalue weighted by atomic mass is 79.9. The molecule has 1 aromatic carbocycles. The molecule has 0 amide bonds. The molecule has 1 rings (SSSR count). The van der Waals surface area contributed by atoms with Gasteiger partial charge in [0.2, 0.25) is 0 Å². The summed E-state index contributed by atoms with van der Waals surface area (Å²) in [5.41, 5.74) is 0.393. The van der Waals surface area contributed by atoms with Gasteiger partial charge in [-0.1, -0.05) is 15.9 Å². The Morgan fingerprint density at radius 3 is 2.45 bits per heavy atom. The molecular weight excluding hydrogens is 338 g/mol. The maximum absolute atomic E-state index is 12.3. The second-order valence-electron chi connectivity index (χ2n) is 3.86. The number of Topliss-reactive ketones (excluding diaryl/α,β-unsaturated/α-hetero) is 1. The maximum atomic E-state index is 12.3. The number of hydrogen-bond acceptors (Lipinski definition) is 4. The van der Waals surface area contributed by atoms with E-state index in [1.807, 2.05) is 0 Å². The average Bonchev–Trinajstić information content (AvgIpc) is 2.36. The fraction of sp³-hybridized carbons (Fsp3) is 0.385. The molecule has 110 valence electrons. The number of benzene rings is 1. The minimum atomic E-state index is -3.02. The average molecular weight is 351 g/mol. The Morgan fingerprint density at radius 1 is 1.30 bits per heavy atom. The van der Waals surface area contributed by atoms with E-state index in [4.69, 9.17) is 4.74 Å². The lowest BCUT2D eigenvalue weighted by atomic mass is 10.1. The largest absolute Gasteiger partial charge is 0.462 e. The van der Waals surface area contributed by atoms with E-state index in [2.05, 4.69) is 20.7 Å². The quantitative estimate of drug-likeness (QED) is 0.582. The molecule has 20 heavy (non-hydrogen) atoms. The van der Waals surface area contributed by atoms with Crippen molar-refractivity contribution in [2.24, 2.45) is 0 Å². The fourth-order valence-electron chi connectivity index (χ4n) is 1.51. The van der Waals surface area contributed by atoms with Crippen molar-refractivity contribution in [3.05, 3.63) is 29.3 Å². The zero-order chi connectivity index (χ0) is 15.3. The van der Waals surface area contributed by atoms with Crippen LogP contribution in [0.2, 0.25) is 0 Å². The second-order valence-corrected chi connectivity index (χ2v) is 4.78. The van der Waals surface area contributed by atoms with Gasteiger partial charge in [-0.05, 0) is 37.6 Å². The van der Waals surface area contributed by atoms with Gasteiger partial charge in [-0.3, -0.25) is 4.79 Å². The maximum Gasteiger partial charge on any atom is 0.387 e. The van der Waals surface area contributed by atoms with Crippen LogP contribution >= 0.6 is 15.9 Å². The van der Waals surface area contributed by atoms with Gasteiger partial charge in [0.05, 0.1) is 17.0 Å². The third-order valence-corrected chi connectivity index (χ3v) is 3.49. The molecule has 0 radical (unpaired) electrons. The van der Waals surface area contributed by atoms with Gasteiger partial charge in [0.25, 0.3) is 0 Å². The summed E-state index contributed by atoms with van der Waals surface area (Å²) in [6.45, 7) is 0.0931. The van der Waals surface area contributed by atoms with E-state index in [0.717, 1.165) is 6.07 Å². The van der Waals surface area contributed by atoms with E-state index >= 15 is 0 Å². The Hall–Kier alpha value is -1.50. The monoisotopic (exact) mass is 350 g/mol. The number of carbonyl (C=O) groups is 2. The van der Waals surface area contributed by atoms with E-state index in [0.29, 0.717) is 5.56 Å². The Bertz CT molecular complexity index is 505. The number of esters is 1. The van der Waals surface area contributed by atoms with Crippen LogP contribution in [0.3, 0.4) is 0 Å². The second kappa shape index (κ2) is 7.33. The first-order valence-electron chi connectivity index (χ1n) is 5.76. The molecule has 0 fully saturated rings. The summed E-state index contributed by atoms with van der Waals surface area (Å²) in [6.07, 6.45) is 0. The predicted molar refractivity (Wildman–Crippen MR) is 71.4 cm³/mol. The van der Waals surface area contributed by atoms with E-state index in [1.165, 1.54) is 19.1 Å². The lowest BCUT2D eigenvalue weighted by molar-refractivity contribution is -0.116. The Labute approximate surface area is 123 Å². The lowest BCUT2D eigenvalue weighted by Gasteiger charge is -2.12. The van der Waals surface area contributed by atoms with Gasteiger partial charge in [0.15, 0.2) is 0 Å². The number of carbonyl (C=O) groups excluding carboxylic acids is 2. The SMILES string of the molecule is CCOC(=O)c1cc(OC(F)F)cc(C(Br)C(C)=O)c1. The van der Waals surface area contributed by atoms with Crippen molar-refractivity contribution in [2.45, 2.75) is 25.3 Å².